The smallest absolute Gasteiger partial charge is 0.350 e. The number of nitrogens with one attached hydrogen (secondary N) is 1. The number of anilines is 1. The average Bonchev–Trinajstić information content (AvgIpc) is 2.69. The number of ether oxygens (including phenoxy) is 1. The van der Waals surface area contributed by atoms with Gasteiger partial charge in [0, 0.05) is 0 Å². The van der Waals surface area contributed by atoms with Gasteiger partial charge in [0.25, 0.3) is 0 Å². The molecule has 0 aliphatic carbocycles. The van der Waals surface area contributed by atoms with Crippen molar-refractivity contribution in [3.8, 4) is 0 Å². The molecule has 0 aliphatic heterocycles. The summed E-state index contributed by atoms with van der Waals surface area (Å²) in [5.41, 5.74) is 0.997. The van der Waals surface area contributed by atoms with Crippen molar-refractivity contribution in [2.75, 3.05) is 12.4 Å². The van der Waals surface area contributed by atoms with Gasteiger partial charge in [0.2, 0.25) is 5.91 Å². The van der Waals surface area contributed by atoms with Crippen LogP contribution in [0.3, 0.4) is 0 Å². The second kappa shape index (κ2) is 5.63. The van der Waals surface area contributed by atoms with Crippen LogP contribution in [-0.4, -0.2) is 30.1 Å². The van der Waals surface area contributed by atoms with Crippen LogP contribution in [0.15, 0.2) is 5.38 Å². The molecule has 18 heavy (non-hydrogen) atoms. The van der Waals surface area contributed by atoms with Gasteiger partial charge >= 0.3 is 11.9 Å². The molecule has 1 heterocycles. The maximum absolute atomic E-state index is 11.6. The number of aryl methyl sites for hydroxylation is 1. The summed E-state index contributed by atoms with van der Waals surface area (Å²) in [5, 5.41) is 12.9. The Kier molecular flexibility index (Phi) is 4.43. The summed E-state index contributed by atoms with van der Waals surface area (Å²) < 4.78 is 4.58. The second-order valence-electron chi connectivity index (χ2n) is 3.66. The van der Waals surface area contributed by atoms with Gasteiger partial charge in [-0.3, -0.25) is 9.59 Å². The zero-order chi connectivity index (χ0) is 13.9. The molecule has 0 radical (unpaired) electrons. The average molecular weight is 271 g/mol. The number of rotatable bonds is 4. The number of hydrogen-bond acceptors (Lipinski definition) is 5. The first-order chi connectivity index (χ1) is 8.38. The third-order valence-corrected chi connectivity index (χ3v) is 3.44. The quantitative estimate of drug-likeness (QED) is 0.639. The fourth-order valence-corrected chi connectivity index (χ4v) is 2.11. The van der Waals surface area contributed by atoms with Crippen LogP contribution in [0.1, 0.15) is 22.2 Å². The largest absolute Gasteiger partial charge is 0.481 e. The molecule has 0 aromatic carbocycles. The van der Waals surface area contributed by atoms with Gasteiger partial charge in [-0.25, -0.2) is 4.79 Å². The van der Waals surface area contributed by atoms with Gasteiger partial charge in [0.05, 0.1) is 12.8 Å². The number of amides is 1. The summed E-state index contributed by atoms with van der Waals surface area (Å²) >= 11 is 1.13. The lowest BCUT2D eigenvalue weighted by molar-refractivity contribution is -0.144. The lowest BCUT2D eigenvalue weighted by Crippen LogP contribution is -2.27. The van der Waals surface area contributed by atoms with E-state index in [0.717, 1.165) is 11.3 Å². The Hall–Kier alpha value is -1.89. The van der Waals surface area contributed by atoms with Crippen LogP contribution >= 0.6 is 11.3 Å². The predicted octanol–water partition coefficient (Wildman–Crippen LogP) is 1.50. The number of hydrogen-bond donors (Lipinski definition) is 2. The Bertz CT molecular complexity index is 494. The van der Waals surface area contributed by atoms with Crippen molar-refractivity contribution >= 4 is 34.9 Å². The van der Waals surface area contributed by atoms with Crippen molar-refractivity contribution in [3.05, 3.63) is 15.8 Å². The minimum Gasteiger partial charge on any atom is -0.481 e. The van der Waals surface area contributed by atoms with Gasteiger partial charge in [-0.1, -0.05) is 0 Å². The summed E-state index contributed by atoms with van der Waals surface area (Å²) in [6.45, 7) is 2.99. The van der Waals surface area contributed by atoms with E-state index in [-0.39, 0.29) is 4.88 Å². The number of carboxylic acids is 1. The third-order valence-electron chi connectivity index (χ3n) is 2.36. The molecular formula is C11H13NO5S. The van der Waals surface area contributed by atoms with Crippen molar-refractivity contribution in [1.82, 2.24) is 0 Å². The Labute approximate surface area is 108 Å². The SMILES string of the molecule is COC(=O)c1scc(C)c1NC(=O)C(C)C(=O)O. The van der Waals surface area contributed by atoms with E-state index in [9.17, 15) is 14.4 Å². The van der Waals surface area contributed by atoms with Crippen molar-refractivity contribution in [1.29, 1.82) is 0 Å². The lowest BCUT2D eigenvalue weighted by Gasteiger charge is -2.09. The fourth-order valence-electron chi connectivity index (χ4n) is 1.19. The molecule has 0 fully saturated rings. The lowest BCUT2D eigenvalue weighted by atomic mass is 10.1. The summed E-state index contributed by atoms with van der Waals surface area (Å²) in [6.07, 6.45) is 0. The first-order valence-corrected chi connectivity index (χ1v) is 5.96. The zero-order valence-corrected chi connectivity index (χ0v) is 11.0. The highest BCUT2D eigenvalue weighted by Crippen LogP contribution is 2.28. The Morgan fingerprint density at radius 1 is 1.44 bits per heavy atom. The molecule has 1 aromatic heterocycles. The molecule has 7 heteroatoms. The molecular weight excluding hydrogens is 258 g/mol. The van der Waals surface area contributed by atoms with Gasteiger partial charge in [-0.2, -0.15) is 0 Å². The van der Waals surface area contributed by atoms with Crippen LogP contribution in [-0.2, 0) is 14.3 Å². The number of carboxylic acid groups (broad SMARTS) is 1. The second-order valence-corrected chi connectivity index (χ2v) is 4.54. The predicted molar refractivity (Wildman–Crippen MR) is 65.8 cm³/mol. The molecule has 0 aliphatic rings. The van der Waals surface area contributed by atoms with Crippen LogP contribution in [0.4, 0.5) is 5.69 Å². The molecule has 1 aromatic rings. The number of aliphatic carboxylic acids is 1. The highest BCUT2D eigenvalue weighted by atomic mass is 32.1. The number of carbonyl (C=O) groups excluding carboxylic acids is 2. The molecule has 1 unspecified atom stereocenters. The molecule has 1 atom stereocenters. The molecule has 98 valence electrons. The number of esters is 1. The molecule has 1 amide bonds. The van der Waals surface area contributed by atoms with Gasteiger partial charge in [-0.05, 0) is 24.8 Å². The van der Waals surface area contributed by atoms with Crippen LogP contribution in [0.5, 0.6) is 0 Å². The van der Waals surface area contributed by atoms with Gasteiger partial charge in [-0.15, -0.1) is 11.3 Å². The minimum atomic E-state index is -1.22. The Morgan fingerprint density at radius 3 is 2.56 bits per heavy atom. The first-order valence-electron chi connectivity index (χ1n) is 5.08. The number of methoxy groups -OCH3 is 1. The van der Waals surface area contributed by atoms with Crippen LogP contribution in [0.25, 0.3) is 0 Å². The van der Waals surface area contributed by atoms with E-state index in [1.807, 2.05) is 0 Å². The van der Waals surface area contributed by atoms with Crippen LogP contribution < -0.4 is 5.32 Å². The van der Waals surface area contributed by atoms with Crippen molar-refractivity contribution < 1.29 is 24.2 Å². The van der Waals surface area contributed by atoms with E-state index in [1.54, 1.807) is 12.3 Å². The van der Waals surface area contributed by atoms with Crippen molar-refractivity contribution in [3.63, 3.8) is 0 Å². The van der Waals surface area contributed by atoms with E-state index in [0.29, 0.717) is 11.3 Å². The standard InChI is InChI=1S/C11H13NO5S/c1-5-4-18-8(11(16)17-3)7(5)12-9(13)6(2)10(14)15/h4,6H,1-3H3,(H,12,13)(H,14,15). The summed E-state index contributed by atoms with van der Waals surface area (Å²) in [5.74, 6) is -3.64. The van der Waals surface area contributed by atoms with Crippen molar-refractivity contribution in [2.45, 2.75) is 13.8 Å². The summed E-state index contributed by atoms with van der Waals surface area (Å²) in [6, 6.07) is 0. The van der Waals surface area contributed by atoms with Crippen molar-refractivity contribution in [2.24, 2.45) is 5.92 Å². The molecule has 0 saturated heterocycles. The highest BCUT2D eigenvalue weighted by molar-refractivity contribution is 7.12. The fraction of sp³-hybridized carbons (Fsp3) is 0.364. The zero-order valence-electron chi connectivity index (χ0n) is 10.1. The molecule has 1 rings (SSSR count). The maximum Gasteiger partial charge on any atom is 0.350 e. The number of thiophene rings is 1. The maximum atomic E-state index is 11.6. The molecule has 0 spiro atoms. The number of carbonyl (C=O) groups is 3. The van der Waals surface area contributed by atoms with E-state index >= 15 is 0 Å². The summed E-state index contributed by atoms with van der Waals surface area (Å²) in [4.78, 5) is 34.0. The third kappa shape index (κ3) is 2.86. The first kappa shape index (κ1) is 14.2. The molecule has 0 bridgehead atoms. The monoisotopic (exact) mass is 271 g/mol. The molecule has 6 nitrogen and oxygen atoms in total. The highest BCUT2D eigenvalue weighted by Gasteiger charge is 2.24. The normalized spacial score (nSPS) is 11.7. The molecule has 2 N–H and O–H groups in total. The Morgan fingerprint density at radius 2 is 2.06 bits per heavy atom. The molecule has 0 saturated carbocycles. The van der Waals surface area contributed by atoms with E-state index in [2.05, 4.69) is 10.1 Å². The van der Waals surface area contributed by atoms with Gasteiger partial charge in [0.15, 0.2) is 0 Å². The summed E-state index contributed by atoms with van der Waals surface area (Å²) in [7, 11) is 1.24. The van der Waals surface area contributed by atoms with Gasteiger partial charge < -0.3 is 15.2 Å². The van der Waals surface area contributed by atoms with E-state index in [1.165, 1.54) is 14.0 Å². The van der Waals surface area contributed by atoms with Crippen LogP contribution in [0.2, 0.25) is 0 Å². The van der Waals surface area contributed by atoms with E-state index < -0.39 is 23.8 Å². The minimum absolute atomic E-state index is 0.251. The topological polar surface area (TPSA) is 92.7 Å². The Balaban J connectivity index is 2.97. The van der Waals surface area contributed by atoms with Crippen LogP contribution in [0, 0.1) is 12.8 Å². The van der Waals surface area contributed by atoms with E-state index in [4.69, 9.17) is 5.11 Å². The van der Waals surface area contributed by atoms with Gasteiger partial charge in [0.1, 0.15) is 10.8 Å².